The molecule has 20 atom stereocenters. The largest absolute Gasteiger partial charge is 0.481 e. The number of carbonyl (C=O) groups is 1. The minimum atomic E-state index is -1.63. The van der Waals surface area contributed by atoms with Gasteiger partial charge in [-0.2, -0.15) is 0 Å². The number of ether oxygens (including phenoxy) is 4. The third-order valence-corrected chi connectivity index (χ3v) is 16.9. The molecule has 12 nitrogen and oxygen atoms in total. The van der Waals surface area contributed by atoms with E-state index in [9.17, 15) is 40.5 Å². The molecular formula is C40H64O12. The second-order valence-corrected chi connectivity index (χ2v) is 19.1. The summed E-state index contributed by atoms with van der Waals surface area (Å²) in [5.74, 6) is 0.196. The normalized spacial score (nSPS) is 57.6. The number of hydrogen-bond donors (Lipinski definition) is 7. The van der Waals surface area contributed by atoms with Crippen LogP contribution in [0, 0.1) is 51.2 Å². The fourth-order valence-corrected chi connectivity index (χ4v) is 13.8. The predicted octanol–water partition coefficient (Wildman–Crippen LogP) is 3.13. The minimum Gasteiger partial charge on any atom is -0.481 e. The van der Waals surface area contributed by atoms with Crippen LogP contribution in [-0.4, -0.2) is 115 Å². The summed E-state index contributed by atoms with van der Waals surface area (Å²) >= 11 is 0. The lowest BCUT2D eigenvalue weighted by molar-refractivity contribution is -0.368. The van der Waals surface area contributed by atoms with Gasteiger partial charge in [-0.3, -0.25) is 4.79 Å². The Bertz CT molecular complexity index is 1390. The number of aliphatic hydroxyl groups is 6. The molecule has 0 aromatic rings. The van der Waals surface area contributed by atoms with Crippen LogP contribution in [0.4, 0.5) is 0 Å². The van der Waals surface area contributed by atoms with Crippen molar-refractivity contribution >= 4 is 5.97 Å². The van der Waals surface area contributed by atoms with Crippen molar-refractivity contribution in [3.63, 3.8) is 0 Å². The number of carboxylic acid groups (broad SMARTS) is 1. The third-order valence-electron chi connectivity index (χ3n) is 16.9. The van der Waals surface area contributed by atoms with E-state index in [-0.39, 0.29) is 40.6 Å². The summed E-state index contributed by atoms with van der Waals surface area (Å²) in [6.45, 7) is 16.8. The lowest BCUT2D eigenvalue weighted by Gasteiger charge is -2.72. The highest BCUT2D eigenvalue weighted by Crippen LogP contribution is 2.77. The highest BCUT2D eigenvalue weighted by atomic mass is 16.8. The average Bonchev–Trinajstić information content (AvgIpc) is 3.49. The van der Waals surface area contributed by atoms with Crippen LogP contribution in [0.25, 0.3) is 0 Å². The molecule has 0 bridgehead atoms. The number of fused-ring (bicyclic) bond motifs is 7. The van der Waals surface area contributed by atoms with Crippen LogP contribution >= 0.6 is 0 Å². The van der Waals surface area contributed by atoms with Gasteiger partial charge in [0.1, 0.15) is 36.6 Å². The Labute approximate surface area is 307 Å². The Morgan fingerprint density at radius 3 is 2.15 bits per heavy atom. The molecule has 20 unspecified atom stereocenters. The maximum absolute atomic E-state index is 13.0. The fraction of sp³-hybridized carbons (Fsp3) is 0.925. The van der Waals surface area contributed by atoms with Crippen LogP contribution in [0.15, 0.2) is 12.2 Å². The molecule has 0 aromatic carbocycles. The van der Waals surface area contributed by atoms with Crippen LogP contribution in [0.5, 0.6) is 0 Å². The number of rotatable bonds is 6. The Morgan fingerprint density at radius 1 is 0.769 bits per heavy atom. The summed E-state index contributed by atoms with van der Waals surface area (Å²) in [5, 5.41) is 75.9. The van der Waals surface area contributed by atoms with E-state index in [1.54, 1.807) is 0 Å². The Balaban J connectivity index is 1.12. The van der Waals surface area contributed by atoms with Gasteiger partial charge in [0, 0.05) is 0 Å². The van der Waals surface area contributed by atoms with E-state index in [4.69, 9.17) is 18.9 Å². The predicted molar refractivity (Wildman–Crippen MR) is 187 cm³/mol. The van der Waals surface area contributed by atoms with E-state index in [0.29, 0.717) is 24.7 Å². The van der Waals surface area contributed by atoms with Crippen molar-refractivity contribution < 1.29 is 59.5 Å². The Hall–Kier alpha value is -1.19. The van der Waals surface area contributed by atoms with Crippen molar-refractivity contribution in [1.29, 1.82) is 0 Å². The molecule has 12 heteroatoms. The van der Waals surface area contributed by atoms with Crippen LogP contribution in [-0.2, 0) is 23.7 Å². The maximum Gasteiger partial charge on any atom is 0.309 e. The molecule has 2 saturated heterocycles. The number of aliphatic hydroxyl groups excluding tert-OH is 5. The summed E-state index contributed by atoms with van der Waals surface area (Å²) in [7, 11) is 0. The van der Waals surface area contributed by atoms with Gasteiger partial charge in [0.15, 0.2) is 12.6 Å². The highest BCUT2D eigenvalue weighted by Gasteiger charge is 2.72. The summed E-state index contributed by atoms with van der Waals surface area (Å²) in [6.07, 6.45) is -4.67. The van der Waals surface area contributed by atoms with E-state index in [1.165, 1.54) is 6.92 Å². The molecule has 7 rings (SSSR count). The molecule has 7 fully saturated rings. The molecule has 2 aliphatic heterocycles. The molecule has 7 aliphatic rings. The van der Waals surface area contributed by atoms with Gasteiger partial charge in [0.2, 0.25) is 0 Å². The molecular weight excluding hydrogens is 672 g/mol. The summed E-state index contributed by atoms with van der Waals surface area (Å²) in [4.78, 5) is 13.0. The molecule has 5 aliphatic carbocycles. The molecule has 52 heavy (non-hydrogen) atoms. The van der Waals surface area contributed by atoms with Crippen LogP contribution < -0.4 is 0 Å². The molecule has 7 N–H and O–H groups in total. The quantitative estimate of drug-likeness (QED) is 0.156. The Morgan fingerprint density at radius 2 is 1.48 bits per heavy atom. The summed E-state index contributed by atoms with van der Waals surface area (Å²) < 4.78 is 24.0. The van der Waals surface area contributed by atoms with Crippen molar-refractivity contribution in [1.82, 2.24) is 0 Å². The minimum absolute atomic E-state index is 0.0421. The van der Waals surface area contributed by atoms with Gasteiger partial charge in [-0.05, 0) is 131 Å². The van der Waals surface area contributed by atoms with Gasteiger partial charge in [0.25, 0.3) is 0 Å². The first-order valence-corrected chi connectivity index (χ1v) is 19.8. The van der Waals surface area contributed by atoms with Gasteiger partial charge in [-0.1, -0.05) is 32.9 Å². The fourth-order valence-electron chi connectivity index (χ4n) is 13.8. The van der Waals surface area contributed by atoms with Crippen molar-refractivity contribution in [3.8, 4) is 0 Å². The third kappa shape index (κ3) is 5.47. The van der Waals surface area contributed by atoms with Crippen molar-refractivity contribution in [3.05, 3.63) is 12.2 Å². The zero-order valence-corrected chi connectivity index (χ0v) is 31.8. The lowest BCUT2D eigenvalue weighted by Crippen LogP contribution is -2.69. The molecule has 0 aromatic heterocycles. The number of carboxylic acids is 1. The Kier molecular flexibility index (Phi) is 9.92. The van der Waals surface area contributed by atoms with Gasteiger partial charge < -0.3 is 54.7 Å². The first-order valence-electron chi connectivity index (χ1n) is 19.8. The van der Waals surface area contributed by atoms with Gasteiger partial charge >= 0.3 is 5.97 Å². The van der Waals surface area contributed by atoms with Gasteiger partial charge in [0.05, 0.1) is 29.8 Å². The second-order valence-electron chi connectivity index (χ2n) is 19.1. The topological polar surface area (TPSA) is 196 Å². The second kappa shape index (κ2) is 13.2. The molecule has 0 spiro atoms. The highest BCUT2D eigenvalue weighted by molar-refractivity contribution is 5.76. The van der Waals surface area contributed by atoms with Gasteiger partial charge in [-0.15, -0.1) is 0 Å². The van der Waals surface area contributed by atoms with Crippen LogP contribution in [0.1, 0.15) is 106 Å². The summed E-state index contributed by atoms with van der Waals surface area (Å²) in [5.41, 5.74) is -1.14. The molecule has 296 valence electrons. The maximum atomic E-state index is 13.0. The van der Waals surface area contributed by atoms with E-state index in [1.807, 2.05) is 6.92 Å². The summed E-state index contributed by atoms with van der Waals surface area (Å²) in [6, 6.07) is 0. The monoisotopic (exact) mass is 736 g/mol. The first kappa shape index (κ1) is 39.1. The smallest absolute Gasteiger partial charge is 0.309 e. The van der Waals surface area contributed by atoms with Gasteiger partial charge in [-0.25, -0.2) is 0 Å². The standard InChI is InChI=1S/C40H64O12/c1-19(2)21-10-15-40(35(46)47)17-16-37(5)22(27(21)40)8-9-24-36(4)13-12-26(39(7,48)25(36)11-14-38(24,37)6)51-34-32(29(43)23(41)18-49-34)52-33-31(45)30(44)28(42)20(3)50-33/h20-34,41-45,48H,1,8-18H2,2-7H3,(H,46,47). The average molecular weight is 737 g/mol. The van der Waals surface area contributed by atoms with E-state index >= 15 is 0 Å². The molecule has 2 heterocycles. The number of allylic oxidation sites excluding steroid dienone is 1. The van der Waals surface area contributed by atoms with Crippen molar-refractivity contribution in [2.75, 3.05) is 6.61 Å². The van der Waals surface area contributed by atoms with E-state index < -0.39 is 78.4 Å². The SMILES string of the molecule is C=C(C)C1CCC2(C(=O)O)CCC3(C)C(CCC4C5(C)CCC(OC6OCC(O)C(O)C6OC6OC(C)C(O)C(O)C6O)C(C)(O)C5CCC43C)C12. The van der Waals surface area contributed by atoms with Crippen molar-refractivity contribution in [2.45, 2.75) is 173 Å². The van der Waals surface area contributed by atoms with Crippen LogP contribution in [0.3, 0.4) is 0 Å². The van der Waals surface area contributed by atoms with Crippen LogP contribution in [0.2, 0.25) is 0 Å². The zero-order chi connectivity index (χ0) is 37.9. The zero-order valence-electron chi connectivity index (χ0n) is 31.8. The first-order chi connectivity index (χ1) is 24.2. The molecule has 5 saturated carbocycles. The number of aliphatic carboxylic acids is 1. The lowest BCUT2D eigenvalue weighted by atomic mass is 9.33. The van der Waals surface area contributed by atoms with E-state index in [0.717, 1.165) is 56.9 Å². The number of hydrogen-bond acceptors (Lipinski definition) is 11. The molecule has 0 amide bonds. The molecule has 0 radical (unpaired) electrons. The van der Waals surface area contributed by atoms with E-state index in [2.05, 4.69) is 34.3 Å². The van der Waals surface area contributed by atoms with Crippen molar-refractivity contribution in [2.24, 2.45) is 51.2 Å².